The van der Waals surface area contributed by atoms with Gasteiger partial charge in [-0.05, 0) is 46.8 Å². The third-order valence-electron chi connectivity index (χ3n) is 3.81. The molecule has 0 aromatic carbocycles. The molecular weight excluding hydrogens is 338 g/mol. The van der Waals surface area contributed by atoms with Gasteiger partial charge in [0.1, 0.15) is 0 Å². The molecule has 1 saturated heterocycles. The summed E-state index contributed by atoms with van der Waals surface area (Å²) in [7, 11) is 0. The number of Topliss-reactive ketones (excluding diaryl/α,β-unsaturated/α-hetero) is 1. The molecule has 1 amide bonds. The summed E-state index contributed by atoms with van der Waals surface area (Å²) in [5, 5.41) is 0. The van der Waals surface area contributed by atoms with E-state index < -0.39 is 0 Å². The molecule has 0 saturated carbocycles. The van der Waals surface area contributed by atoms with Crippen molar-refractivity contribution < 1.29 is 9.59 Å². The van der Waals surface area contributed by atoms with Crippen LogP contribution in [0.25, 0.3) is 0 Å². The molecule has 1 aromatic rings. The fraction of sp³-hybridized carbons (Fsp3) is 0.600. The molecule has 0 spiro atoms. The number of hydrogen-bond acceptors (Lipinski definition) is 3. The lowest BCUT2D eigenvalue weighted by Gasteiger charge is -2.19. The number of amides is 1. The van der Waals surface area contributed by atoms with E-state index in [9.17, 15) is 9.59 Å². The van der Waals surface area contributed by atoms with Crippen LogP contribution < -0.4 is 0 Å². The van der Waals surface area contributed by atoms with E-state index in [4.69, 9.17) is 0 Å². The summed E-state index contributed by atoms with van der Waals surface area (Å²) in [5.41, 5.74) is 0. The molecule has 2 rings (SSSR count). The standard InChI is InChI=1S/C15H20BrNO2S/c1-2-3-11-4-7-15(19)17(9-8-11)10-12(18)13-5-6-14(16)20-13/h5-6,11H,2-4,7-10H2,1H3. The lowest BCUT2D eigenvalue weighted by Crippen LogP contribution is -2.35. The van der Waals surface area contributed by atoms with Crippen molar-refractivity contribution in [1.82, 2.24) is 4.90 Å². The molecule has 0 aliphatic carbocycles. The van der Waals surface area contributed by atoms with Crippen molar-refractivity contribution in [3.05, 3.63) is 20.8 Å². The van der Waals surface area contributed by atoms with Gasteiger partial charge in [0, 0.05) is 13.0 Å². The van der Waals surface area contributed by atoms with Gasteiger partial charge in [-0.3, -0.25) is 9.59 Å². The van der Waals surface area contributed by atoms with Crippen molar-refractivity contribution in [3.8, 4) is 0 Å². The first-order chi connectivity index (χ1) is 9.60. The molecule has 0 N–H and O–H groups in total. The van der Waals surface area contributed by atoms with Crippen molar-refractivity contribution in [1.29, 1.82) is 0 Å². The number of thiophene rings is 1. The molecule has 1 aliphatic heterocycles. The Hall–Kier alpha value is -0.680. The van der Waals surface area contributed by atoms with Gasteiger partial charge in [-0.15, -0.1) is 11.3 Å². The topological polar surface area (TPSA) is 37.4 Å². The Morgan fingerprint density at radius 1 is 1.45 bits per heavy atom. The van der Waals surface area contributed by atoms with E-state index >= 15 is 0 Å². The fourth-order valence-electron chi connectivity index (χ4n) is 2.67. The van der Waals surface area contributed by atoms with Crippen LogP contribution in [0.1, 0.15) is 48.7 Å². The number of rotatable bonds is 5. The van der Waals surface area contributed by atoms with Gasteiger partial charge in [0.2, 0.25) is 5.91 Å². The van der Waals surface area contributed by atoms with Gasteiger partial charge >= 0.3 is 0 Å². The summed E-state index contributed by atoms with van der Waals surface area (Å²) in [6.07, 6.45) is 4.95. The Balaban J connectivity index is 1.94. The molecule has 2 heterocycles. The van der Waals surface area contributed by atoms with Gasteiger partial charge < -0.3 is 4.90 Å². The third kappa shape index (κ3) is 4.16. The quantitative estimate of drug-likeness (QED) is 0.743. The molecule has 3 nitrogen and oxygen atoms in total. The van der Waals surface area contributed by atoms with Crippen LogP contribution in [-0.2, 0) is 4.79 Å². The van der Waals surface area contributed by atoms with Crippen molar-refractivity contribution in [2.24, 2.45) is 5.92 Å². The SMILES string of the molecule is CCCC1CCC(=O)N(CC(=O)c2ccc(Br)s2)CC1. The summed E-state index contributed by atoms with van der Waals surface area (Å²) in [5.74, 6) is 0.815. The second kappa shape index (κ2) is 7.36. The van der Waals surface area contributed by atoms with E-state index in [1.807, 2.05) is 12.1 Å². The minimum atomic E-state index is 0.0444. The highest BCUT2D eigenvalue weighted by molar-refractivity contribution is 9.11. The molecule has 1 aliphatic rings. The molecule has 0 bridgehead atoms. The third-order valence-corrected chi connectivity index (χ3v) is 5.47. The van der Waals surface area contributed by atoms with Crippen molar-refractivity contribution in [2.75, 3.05) is 13.1 Å². The smallest absolute Gasteiger partial charge is 0.222 e. The van der Waals surface area contributed by atoms with Gasteiger partial charge in [0.05, 0.1) is 15.2 Å². The van der Waals surface area contributed by atoms with Crippen molar-refractivity contribution >= 4 is 39.0 Å². The van der Waals surface area contributed by atoms with Crippen LogP contribution in [0.4, 0.5) is 0 Å². The average Bonchev–Trinajstić information content (AvgIpc) is 2.79. The van der Waals surface area contributed by atoms with E-state index in [0.29, 0.717) is 12.3 Å². The molecule has 1 fully saturated rings. The number of halogens is 1. The van der Waals surface area contributed by atoms with E-state index in [0.717, 1.165) is 28.0 Å². The highest BCUT2D eigenvalue weighted by Gasteiger charge is 2.24. The molecule has 110 valence electrons. The molecule has 20 heavy (non-hydrogen) atoms. The maximum Gasteiger partial charge on any atom is 0.222 e. The summed E-state index contributed by atoms with van der Waals surface area (Å²) in [6.45, 7) is 3.13. The van der Waals surface area contributed by atoms with Crippen LogP contribution in [0, 0.1) is 5.92 Å². The normalized spacial score (nSPS) is 20.0. The zero-order valence-corrected chi connectivity index (χ0v) is 14.1. The Labute approximate surface area is 132 Å². The van der Waals surface area contributed by atoms with Crippen molar-refractivity contribution in [2.45, 2.75) is 39.0 Å². The Morgan fingerprint density at radius 2 is 2.25 bits per heavy atom. The summed E-state index contributed by atoms with van der Waals surface area (Å²) >= 11 is 4.79. The molecule has 0 radical (unpaired) electrons. The zero-order valence-electron chi connectivity index (χ0n) is 11.7. The maximum atomic E-state index is 12.2. The van der Waals surface area contributed by atoms with Gasteiger partial charge in [-0.25, -0.2) is 0 Å². The lowest BCUT2D eigenvalue weighted by molar-refractivity contribution is -0.130. The van der Waals surface area contributed by atoms with Crippen LogP contribution in [-0.4, -0.2) is 29.7 Å². The summed E-state index contributed by atoms with van der Waals surface area (Å²) in [6, 6.07) is 3.69. The Kier molecular flexibility index (Phi) is 5.78. The van der Waals surface area contributed by atoms with E-state index in [1.165, 1.54) is 24.2 Å². The molecular formula is C15H20BrNO2S. The lowest BCUT2D eigenvalue weighted by atomic mass is 9.96. The van der Waals surface area contributed by atoms with Crippen LogP contribution in [0.15, 0.2) is 15.9 Å². The van der Waals surface area contributed by atoms with Crippen LogP contribution in [0.5, 0.6) is 0 Å². The number of ketones is 1. The van der Waals surface area contributed by atoms with Crippen LogP contribution in [0.3, 0.4) is 0 Å². The number of carbonyl (C=O) groups is 2. The molecule has 1 atom stereocenters. The maximum absolute atomic E-state index is 12.2. The first kappa shape index (κ1) is 15.7. The van der Waals surface area contributed by atoms with E-state index in [1.54, 1.807) is 4.90 Å². The number of nitrogens with zero attached hydrogens (tertiary/aromatic N) is 1. The largest absolute Gasteiger partial charge is 0.335 e. The monoisotopic (exact) mass is 357 g/mol. The number of likely N-dealkylation sites (tertiary alicyclic amines) is 1. The zero-order chi connectivity index (χ0) is 14.5. The molecule has 1 aromatic heterocycles. The van der Waals surface area contributed by atoms with Gasteiger partial charge in [-0.1, -0.05) is 19.8 Å². The number of carbonyl (C=O) groups excluding carboxylic acids is 2. The van der Waals surface area contributed by atoms with E-state index in [2.05, 4.69) is 22.9 Å². The Bertz CT molecular complexity index is 486. The van der Waals surface area contributed by atoms with E-state index in [-0.39, 0.29) is 18.2 Å². The minimum Gasteiger partial charge on any atom is -0.335 e. The van der Waals surface area contributed by atoms with Gasteiger partial charge in [0.25, 0.3) is 0 Å². The Morgan fingerprint density at radius 3 is 2.90 bits per heavy atom. The summed E-state index contributed by atoms with van der Waals surface area (Å²) in [4.78, 5) is 26.8. The summed E-state index contributed by atoms with van der Waals surface area (Å²) < 4.78 is 0.950. The minimum absolute atomic E-state index is 0.0444. The predicted octanol–water partition coefficient (Wildman–Crippen LogP) is 4.12. The van der Waals surface area contributed by atoms with Gasteiger partial charge in [0.15, 0.2) is 5.78 Å². The van der Waals surface area contributed by atoms with Crippen molar-refractivity contribution in [3.63, 3.8) is 0 Å². The van der Waals surface area contributed by atoms with Gasteiger partial charge in [-0.2, -0.15) is 0 Å². The van der Waals surface area contributed by atoms with Crippen LogP contribution in [0.2, 0.25) is 0 Å². The highest BCUT2D eigenvalue weighted by Crippen LogP contribution is 2.25. The second-order valence-corrected chi connectivity index (χ2v) is 7.79. The number of hydrogen-bond donors (Lipinski definition) is 0. The molecule has 1 unspecified atom stereocenters. The second-order valence-electron chi connectivity index (χ2n) is 5.32. The molecule has 5 heteroatoms. The first-order valence-electron chi connectivity index (χ1n) is 7.16. The highest BCUT2D eigenvalue weighted by atomic mass is 79.9. The average molecular weight is 358 g/mol. The predicted molar refractivity (Wildman–Crippen MR) is 85.2 cm³/mol. The van der Waals surface area contributed by atoms with Crippen LogP contribution >= 0.6 is 27.3 Å². The fourth-order valence-corrected chi connectivity index (χ4v) is 3.99. The first-order valence-corrected chi connectivity index (χ1v) is 8.77.